The predicted molar refractivity (Wildman–Crippen MR) is 70.7 cm³/mol. The number of aryl methyl sites for hydroxylation is 2. The van der Waals surface area contributed by atoms with Crippen molar-refractivity contribution in [2.45, 2.75) is 19.9 Å². The van der Waals surface area contributed by atoms with Crippen LogP contribution in [0, 0.1) is 13.8 Å². The molecule has 0 aliphatic carbocycles. The smallest absolute Gasteiger partial charge is 0.121 e. The molecule has 2 rings (SSSR count). The summed E-state index contributed by atoms with van der Waals surface area (Å²) in [7, 11) is 0. The van der Waals surface area contributed by atoms with E-state index >= 15 is 0 Å². The second kappa shape index (κ2) is 5.67. The van der Waals surface area contributed by atoms with Crippen LogP contribution in [0.15, 0.2) is 12.1 Å². The molecule has 2 N–H and O–H groups in total. The van der Waals surface area contributed by atoms with Crippen LogP contribution in [-0.2, 0) is 0 Å². The summed E-state index contributed by atoms with van der Waals surface area (Å²) >= 11 is 0. The summed E-state index contributed by atoms with van der Waals surface area (Å²) in [5, 5.41) is 13.1. The average Bonchev–Trinajstić information content (AvgIpc) is 2.38. The number of phenolic OH excluding ortho intramolecular Hbond substituents is 1. The SMILES string of the molecule is Cc1cc([C@H](CF)N2CCNCC2)cc(C)c1O. The third-order valence-electron chi connectivity index (χ3n) is 3.64. The van der Waals surface area contributed by atoms with Crippen LogP contribution >= 0.6 is 0 Å². The molecule has 1 aromatic rings. The highest BCUT2D eigenvalue weighted by molar-refractivity contribution is 5.43. The minimum Gasteiger partial charge on any atom is -0.507 e. The first kappa shape index (κ1) is 13.3. The summed E-state index contributed by atoms with van der Waals surface area (Å²) in [6.07, 6.45) is 0. The lowest BCUT2D eigenvalue weighted by Crippen LogP contribution is -2.45. The van der Waals surface area contributed by atoms with Crippen LogP contribution in [0.1, 0.15) is 22.7 Å². The fraction of sp³-hybridized carbons (Fsp3) is 0.571. The topological polar surface area (TPSA) is 35.5 Å². The van der Waals surface area contributed by atoms with E-state index in [1.165, 1.54) is 0 Å². The van der Waals surface area contributed by atoms with E-state index < -0.39 is 0 Å². The largest absolute Gasteiger partial charge is 0.507 e. The highest BCUT2D eigenvalue weighted by atomic mass is 19.1. The van der Waals surface area contributed by atoms with E-state index in [1.807, 2.05) is 26.0 Å². The maximum atomic E-state index is 13.4. The van der Waals surface area contributed by atoms with Crippen LogP contribution in [0.4, 0.5) is 4.39 Å². The van der Waals surface area contributed by atoms with E-state index in [-0.39, 0.29) is 12.7 Å². The molecule has 1 aromatic carbocycles. The van der Waals surface area contributed by atoms with Crippen LogP contribution in [0.3, 0.4) is 0 Å². The van der Waals surface area contributed by atoms with Crippen molar-refractivity contribution in [3.8, 4) is 5.75 Å². The van der Waals surface area contributed by atoms with Crippen molar-refractivity contribution in [1.82, 2.24) is 10.2 Å². The normalized spacial score (nSPS) is 18.8. The Kier molecular flexibility index (Phi) is 4.19. The molecule has 0 radical (unpaired) electrons. The fourth-order valence-electron chi connectivity index (χ4n) is 2.57. The van der Waals surface area contributed by atoms with Gasteiger partial charge in [0.15, 0.2) is 0 Å². The van der Waals surface area contributed by atoms with Gasteiger partial charge in [-0.2, -0.15) is 0 Å². The minimum atomic E-state index is -0.385. The fourth-order valence-corrected chi connectivity index (χ4v) is 2.57. The van der Waals surface area contributed by atoms with E-state index in [9.17, 15) is 9.50 Å². The second-order valence-corrected chi connectivity index (χ2v) is 4.96. The van der Waals surface area contributed by atoms with Gasteiger partial charge in [-0.3, -0.25) is 4.90 Å². The van der Waals surface area contributed by atoms with E-state index in [0.717, 1.165) is 42.9 Å². The number of nitrogens with zero attached hydrogens (tertiary/aromatic N) is 1. The van der Waals surface area contributed by atoms with Gasteiger partial charge in [0.25, 0.3) is 0 Å². The van der Waals surface area contributed by atoms with E-state index in [0.29, 0.717) is 5.75 Å². The average molecular weight is 252 g/mol. The van der Waals surface area contributed by atoms with Gasteiger partial charge in [0.05, 0.1) is 6.04 Å². The Morgan fingerprint density at radius 2 is 1.83 bits per heavy atom. The minimum absolute atomic E-state index is 0.190. The summed E-state index contributed by atoms with van der Waals surface area (Å²) in [5.41, 5.74) is 2.60. The van der Waals surface area contributed by atoms with Crippen molar-refractivity contribution in [2.24, 2.45) is 0 Å². The maximum Gasteiger partial charge on any atom is 0.121 e. The van der Waals surface area contributed by atoms with E-state index in [4.69, 9.17) is 0 Å². The quantitative estimate of drug-likeness (QED) is 0.863. The molecule has 0 unspecified atom stereocenters. The summed E-state index contributed by atoms with van der Waals surface area (Å²) < 4.78 is 13.4. The zero-order valence-corrected chi connectivity index (χ0v) is 11.0. The Bertz CT molecular complexity index is 393. The number of nitrogens with one attached hydrogen (secondary N) is 1. The van der Waals surface area contributed by atoms with Crippen LogP contribution in [-0.4, -0.2) is 42.9 Å². The molecule has 3 nitrogen and oxygen atoms in total. The number of aromatic hydroxyl groups is 1. The number of hydrogen-bond donors (Lipinski definition) is 2. The number of piperazine rings is 1. The first-order chi connectivity index (χ1) is 8.63. The summed E-state index contributed by atoms with van der Waals surface area (Å²) in [4.78, 5) is 2.17. The number of rotatable bonds is 3. The van der Waals surface area contributed by atoms with E-state index in [1.54, 1.807) is 0 Å². The molecule has 0 spiro atoms. The molecule has 1 aliphatic rings. The molecule has 4 heteroatoms. The van der Waals surface area contributed by atoms with Crippen LogP contribution in [0.5, 0.6) is 5.75 Å². The lowest BCUT2D eigenvalue weighted by atomic mass is 9.99. The van der Waals surface area contributed by atoms with Gasteiger partial charge in [0.2, 0.25) is 0 Å². The van der Waals surface area contributed by atoms with Gasteiger partial charge in [-0.15, -0.1) is 0 Å². The molecule has 1 atom stereocenters. The molecular formula is C14H21FN2O. The van der Waals surface area contributed by atoms with Gasteiger partial charge in [-0.05, 0) is 30.5 Å². The Morgan fingerprint density at radius 1 is 1.28 bits per heavy atom. The monoisotopic (exact) mass is 252 g/mol. The number of phenols is 1. The zero-order chi connectivity index (χ0) is 13.1. The van der Waals surface area contributed by atoms with Gasteiger partial charge < -0.3 is 10.4 Å². The third kappa shape index (κ3) is 2.65. The Hall–Kier alpha value is -1.13. The van der Waals surface area contributed by atoms with Crippen molar-refractivity contribution in [1.29, 1.82) is 0 Å². The van der Waals surface area contributed by atoms with Crippen LogP contribution in [0.25, 0.3) is 0 Å². The number of halogens is 1. The molecule has 0 amide bonds. The Balaban J connectivity index is 2.26. The molecule has 100 valence electrons. The third-order valence-corrected chi connectivity index (χ3v) is 3.64. The summed E-state index contributed by atoms with van der Waals surface area (Å²) in [6.45, 7) is 6.89. The molecule has 18 heavy (non-hydrogen) atoms. The first-order valence-electron chi connectivity index (χ1n) is 6.44. The second-order valence-electron chi connectivity index (χ2n) is 4.96. The number of benzene rings is 1. The lowest BCUT2D eigenvalue weighted by Gasteiger charge is -2.34. The van der Waals surface area contributed by atoms with Gasteiger partial charge in [0, 0.05) is 26.2 Å². The Morgan fingerprint density at radius 3 is 2.33 bits per heavy atom. The molecule has 0 bridgehead atoms. The highest BCUT2D eigenvalue weighted by Crippen LogP contribution is 2.29. The van der Waals surface area contributed by atoms with E-state index in [2.05, 4.69) is 10.2 Å². The van der Waals surface area contributed by atoms with Gasteiger partial charge in [-0.1, -0.05) is 12.1 Å². The van der Waals surface area contributed by atoms with Gasteiger partial charge in [-0.25, -0.2) is 4.39 Å². The molecule has 1 fully saturated rings. The molecule has 1 heterocycles. The van der Waals surface area contributed by atoms with Crippen LogP contribution in [0.2, 0.25) is 0 Å². The van der Waals surface area contributed by atoms with Crippen molar-refractivity contribution >= 4 is 0 Å². The zero-order valence-electron chi connectivity index (χ0n) is 11.0. The van der Waals surface area contributed by atoms with Gasteiger partial charge >= 0.3 is 0 Å². The molecule has 0 aromatic heterocycles. The van der Waals surface area contributed by atoms with Crippen molar-refractivity contribution in [3.63, 3.8) is 0 Å². The summed E-state index contributed by atoms with van der Waals surface area (Å²) in [6, 6.07) is 3.61. The van der Waals surface area contributed by atoms with Gasteiger partial charge in [0.1, 0.15) is 12.4 Å². The summed E-state index contributed by atoms with van der Waals surface area (Å²) in [5.74, 6) is 0.316. The number of hydrogen-bond acceptors (Lipinski definition) is 3. The maximum absolute atomic E-state index is 13.4. The molecular weight excluding hydrogens is 231 g/mol. The standard InChI is InChI=1S/C14H21FN2O/c1-10-7-12(8-11(2)14(10)18)13(9-15)17-5-3-16-4-6-17/h7-8,13,16,18H,3-6,9H2,1-2H3/t13-/m0/s1. The predicted octanol–water partition coefficient (Wildman–Crippen LogP) is 1.92. The van der Waals surface area contributed by atoms with Crippen molar-refractivity contribution in [3.05, 3.63) is 28.8 Å². The highest BCUT2D eigenvalue weighted by Gasteiger charge is 2.23. The molecule has 0 saturated carbocycles. The van der Waals surface area contributed by atoms with Crippen LogP contribution < -0.4 is 5.32 Å². The Labute approximate surface area is 108 Å². The van der Waals surface area contributed by atoms with Crippen molar-refractivity contribution in [2.75, 3.05) is 32.9 Å². The molecule has 1 saturated heterocycles. The first-order valence-corrected chi connectivity index (χ1v) is 6.44. The number of alkyl halides is 1. The van der Waals surface area contributed by atoms with Crippen molar-refractivity contribution < 1.29 is 9.50 Å². The molecule has 1 aliphatic heterocycles. The lowest BCUT2D eigenvalue weighted by molar-refractivity contribution is 0.147.